The van der Waals surface area contributed by atoms with E-state index in [0.29, 0.717) is 34.4 Å². The molecule has 0 saturated heterocycles. The van der Waals surface area contributed by atoms with E-state index >= 15 is 0 Å². The van der Waals surface area contributed by atoms with Crippen LogP contribution < -0.4 is 9.47 Å². The maximum absolute atomic E-state index is 14.6. The van der Waals surface area contributed by atoms with Gasteiger partial charge < -0.3 is 9.47 Å². The third-order valence-electron chi connectivity index (χ3n) is 6.30. The highest BCUT2D eigenvalue weighted by Gasteiger charge is 2.42. The molecule has 5 aromatic heterocycles. The Balaban J connectivity index is 1.40. The van der Waals surface area contributed by atoms with Gasteiger partial charge in [0.15, 0.2) is 5.65 Å². The monoisotopic (exact) mass is 514 g/mol. The van der Waals surface area contributed by atoms with Gasteiger partial charge in [-0.2, -0.15) is 37.3 Å². The fourth-order valence-corrected chi connectivity index (χ4v) is 4.53. The first-order valence-electron chi connectivity index (χ1n) is 11.1. The molecule has 1 saturated carbocycles. The van der Waals surface area contributed by atoms with E-state index in [2.05, 4.69) is 30.1 Å². The number of hydrogen-bond donors (Lipinski definition) is 0. The molecular formula is C23H18F4N8O2. The van der Waals surface area contributed by atoms with Gasteiger partial charge in [-0.1, -0.05) is 0 Å². The number of hydrogen-bond acceptors (Lipinski definition) is 8. The van der Waals surface area contributed by atoms with E-state index < -0.39 is 18.7 Å². The number of ether oxygens (including phenoxy) is 2. The van der Waals surface area contributed by atoms with Crippen LogP contribution in [0.3, 0.4) is 0 Å². The Morgan fingerprint density at radius 1 is 1.00 bits per heavy atom. The third kappa shape index (κ3) is 4.07. The van der Waals surface area contributed by atoms with E-state index in [1.165, 1.54) is 26.6 Å². The zero-order valence-corrected chi connectivity index (χ0v) is 19.4. The van der Waals surface area contributed by atoms with Gasteiger partial charge in [0.25, 0.3) is 0 Å². The van der Waals surface area contributed by atoms with Crippen LogP contribution in [0.15, 0.2) is 36.9 Å². The highest BCUT2D eigenvalue weighted by atomic mass is 19.4. The van der Waals surface area contributed by atoms with Gasteiger partial charge in [-0.15, -0.1) is 0 Å². The summed E-state index contributed by atoms with van der Waals surface area (Å²) in [7, 11) is 2.86. The van der Waals surface area contributed by atoms with E-state index in [0.717, 1.165) is 26.5 Å². The summed E-state index contributed by atoms with van der Waals surface area (Å²) in [4.78, 5) is 16.8. The van der Waals surface area contributed by atoms with Crippen molar-refractivity contribution in [1.29, 1.82) is 0 Å². The van der Waals surface area contributed by atoms with Crippen LogP contribution in [0.2, 0.25) is 0 Å². The molecule has 0 radical (unpaired) electrons. The van der Waals surface area contributed by atoms with Gasteiger partial charge in [0.05, 0.1) is 43.4 Å². The Kier molecular flexibility index (Phi) is 5.21. The number of aromatic nitrogens is 8. The highest BCUT2D eigenvalue weighted by molar-refractivity contribution is 5.75. The standard InChI is InChI=1S/C23H18F4N8O2/c1-36-21-15(7-30-22(32-21)37-2)16-5-14(20-29-9-19(24)35(20)33-16)13-4-12(13)11-3-18-17(28-6-11)8-31-34(18)10-23(25,26)27/h3,5-9,12-13H,4,10H2,1-2H3/t12?,13-/m0/s1. The van der Waals surface area contributed by atoms with Crippen LogP contribution in [0.25, 0.3) is 27.9 Å². The lowest BCUT2D eigenvalue weighted by Crippen LogP contribution is -2.18. The van der Waals surface area contributed by atoms with Crippen LogP contribution in [0.4, 0.5) is 17.6 Å². The summed E-state index contributed by atoms with van der Waals surface area (Å²) >= 11 is 0. The smallest absolute Gasteiger partial charge is 0.408 e. The first-order chi connectivity index (χ1) is 17.8. The van der Waals surface area contributed by atoms with Gasteiger partial charge >= 0.3 is 12.2 Å². The zero-order valence-electron chi connectivity index (χ0n) is 19.4. The van der Waals surface area contributed by atoms with Gasteiger partial charge in [0.2, 0.25) is 11.8 Å². The van der Waals surface area contributed by atoms with E-state index in [1.807, 2.05) is 0 Å². The van der Waals surface area contributed by atoms with Crippen molar-refractivity contribution in [2.24, 2.45) is 0 Å². The SMILES string of the molecule is COc1ncc(-c2cc([C@H]3CC3c3cnc4cnn(CC(F)(F)F)c4c3)c3ncc(F)n3n2)c(OC)n1. The van der Waals surface area contributed by atoms with Crippen LogP contribution in [-0.4, -0.2) is 59.7 Å². The van der Waals surface area contributed by atoms with E-state index in [9.17, 15) is 17.6 Å². The second-order valence-corrected chi connectivity index (χ2v) is 8.62. The van der Waals surface area contributed by atoms with Crippen molar-refractivity contribution in [1.82, 2.24) is 39.3 Å². The summed E-state index contributed by atoms with van der Waals surface area (Å²) in [6.45, 7) is -1.21. The summed E-state index contributed by atoms with van der Waals surface area (Å²) < 4.78 is 65.9. The van der Waals surface area contributed by atoms with Gasteiger partial charge in [0.1, 0.15) is 12.1 Å². The van der Waals surface area contributed by atoms with Crippen molar-refractivity contribution in [3.63, 3.8) is 0 Å². The Hall–Kier alpha value is -4.36. The van der Waals surface area contributed by atoms with Crippen molar-refractivity contribution < 1.29 is 27.0 Å². The lowest BCUT2D eigenvalue weighted by atomic mass is 10.0. The highest BCUT2D eigenvalue weighted by Crippen LogP contribution is 2.56. The quantitative estimate of drug-likeness (QED) is 0.314. The number of fused-ring (bicyclic) bond motifs is 2. The minimum Gasteiger partial charge on any atom is -0.480 e. The molecule has 1 aliphatic carbocycles. The molecule has 0 aliphatic heterocycles. The van der Waals surface area contributed by atoms with E-state index in [1.54, 1.807) is 18.3 Å². The number of methoxy groups -OCH3 is 2. The molecule has 190 valence electrons. The molecule has 10 nitrogen and oxygen atoms in total. The molecule has 0 bridgehead atoms. The molecule has 1 unspecified atom stereocenters. The predicted octanol–water partition coefficient (Wildman–Crippen LogP) is 3.92. The second-order valence-electron chi connectivity index (χ2n) is 8.62. The number of imidazole rings is 1. The molecule has 1 fully saturated rings. The lowest BCUT2D eigenvalue weighted by Gasteiger charge is -2.11. The number of halogens is 4. The molecule has 1 aliphatic rings. The Labute approximate surface area is 205 Å². The molecular weight excluding hydrogens is 496 g/mol. The van der Waals surface area contributed by atoms with Crippen LogP contribution in [0, 0.1) is 5.95 Å². The maximum atomic E-state index is 14.6. The Morgan fingerprint density at radius 2 is 1.84 bits per heavy atom. The third-order valence-corrected chi connectivity index (χ3v) is 6.30. The van der Waals surface area contributed by atoms with Crippen molar-refractivity contribution in [3.05, 3.63) is 54.0 Å². The molecule has 5 heterocycles. The Bertz CT molecular complexity index is 1650. The second kappa shape index (κ2) is 8.35. The van der Waals surface area contributed by atoms with Gasteiger partial charge in [-0.05, 0) is 36.0 Å². The molecule has 0 spiro atoms. The molecule has 6 rings (SSSR count). The van der Waals surface area contributed by atoms with Crippen LogP contribution >= 0.6 is 0 Å². The average molecular weight is 514 g/mol. The zero-order chi connectivity index (χ0) is 25.9. The molecule has 14 heteroatoms. The first kappa shape index (κ1) is 23.1. The fourth-order valence-electron chi connectivity index (χ4n) is 4.53. The van der Waals surface area contributed by atoms with E-state index in [-0.39, 0.29) is 23.7 Å². The minimum absolute atomic E-state index is 0.0565. The fraction of sp³-hybridized carbons (Fsp3) is 0.304. The summed E-state index contributed by atoms with van der Waals surface area (Å²) in [6.07, 6.45) is 1.76. The van der Waals surface area contributed by atoms with Crippen molar-refractivity contribution >= 4 is 16.7 Å². The maximum Gasteiger partial charge on any atom is 0.408 e. The number of pyridine rings is 1. The van der Waals surface area contributed by atoms with Crippen LogP contribution in [-0.2, 0) is 6.54 Å². The van der Waals surface area contributed by atoms with Gasteiger partial charge in [-0.3, -0.25) is 9.67 Å². The number of alkyl halides is 3. The first-order valence-corrected chi connectivity index (χ1v) is 11.1. The largest absolute Gasteiger partial charge is 0.480 e. The van der Waals surface area contributed by atoms with Crippen LogP contribution in [0.5, 0.6) is 11.9 Å². The normalized spacial score (nSPS) is 17.5. The van der Waals surface area contributed by atoms with Gasteiger partial charge in [-0.25, -0.2) is 9.97 Å². The average Bonchev–Trinajstić information content (AvgIpc) is 3.47. The van der Waals surface area contributed by atoms with Crippen molar-refractivity contribution in [3.8, 4) is 23.1 Å². The van der Waals surface area contributed by atoms with E-state index in [4.69, 9.17) is 9.47 Å². The van der Waals surface area contributed by atoms with Gasteiger partial charge in [0, 0.05) is 18.0 Å². The summed E-state index contributed by atoms with van der Waals surface area (Å²) in [5.74, 6) is -0.596. The molecule has 0 N–H and O–H groups in total. The Morgan fingerprint density at radius 3 is 2.59 bits per heavy atom. The molecule has 2 atom stereocenters. The minimum atomic E-state index is -4.41. The summed E-state index contributed by atoms with van der Waals surface area (Å²) in [5.41, 5.74) is 3.29. The molecule has 0 aromatic carbocycles. The molecule has 37 heavy (non-hydrogen) atoms. The van der Waals surface area contributed by atoms with Crippen molar-refractivity contribution in [2.45, 2.75) is 31.0 Å². The number of nitrogens with zero attached hydrogens (tertiary/aromatic N) is 8. The van der Waals surface area contributed by atoms with Crippen LogP contribution in [0.1, 0.15) is 29.4 Å². The molecule has 5 aromatic rings. The topological polar surface area (TPSA) is 105 Å². The molecule has 0 amide bonds. The predicted molar refractivity (Wildman–Crippen MR) is 121 cm³/mol. The summed E-state index contributed by atoms with van der Waals surface area (Å²) in [5, 5.41) is 8.20. The summed E-state index contributed by atoms with van der Waals surface area (Å²) in [6, 6.07) is 3.56. The van der Waals surface area contributed by atoms with Crippen molar-refractivity contribution in [2.75, 3.05) is 14.2 Å². The number of rotatable bonds is 6. The lowest BCUT2D eigenvalue weighted by molar-refractivity contribution is -0.141.